The molecule has 7 heteroatoms. The van der Waals surface area contributed by atoms with Crippen molar-refractivity contribution in [1.29, 1.82) is 5.26 Å². The highest BCUT2D eigenvalue weighted by Gasteiger charge is 2.34. The van der Waals surface area contributed by atoms with E-state index in [0.717, 1.165) is 28.3 Å². The third-order valence-electron chi connectivity index (χ3n) is 4.71. The molecule has 7 nitrogen and oxygen atoms in total. The van der Waals surface area contributed by atoms with Crippen LogP contribution in [0.2, 0.25) is 0 Å². The van der Waals surface area contributed by atoms with Gasteiger partial charge in [0.1, 0.15) is 36.4 Å². The Morgan fingerprint density at radius 3 is 2.38 bits per heavy atom. The number of H-pyrrole nitrogens is 1. The molecule has 4 rings (SSSR count). The summed E-state index contributed by atoms with van der Waals surface area (Å²) in [5.74, 6) is 1.68. The van der Waals surface area contributed by atoms with Gasteiger partial charge in [0, 0.05) is 11.3 Å². The number of hydrogen-bond acceptors (Lipinski definition) is 6. The Balaban J connectivity index is 1.46. The number of nitrogens with one attached hydrogen (secondary N) is 1. The average Bonchev–Trinajstić information content (AvgIpc) is 3.11. The standard InChI is InChI=1S/C22H20N4O3/c1-14-19-20(18(13-23)21(24)29-22(19)26-25-14)15-7-9-17(10-8-15)28-12-11-27-16-5-3-2-4-6-16/h2-10,20H,11-12,24H2,1H3,(H,25,26). The van der Waals surface area contributed by atoms with Gasteiger partial charge in [-0.1, -0.05) is 30.3 Å². The topological polar surface area (TPSA) is 106 Å². The lowest BCUT2D eigenvalue weighted by molar-refractivity contribution is 0.217. The van der Waals surface area contributed by atoms with Crippen LogP contribution in [0.1, 0.15) is 22.7 Å². The van der Waals surface area contributed by atoms with Gasteiger partial charge in [-0.3, -0.25) is 5.10 Å². The van der Waals surface area contributed by atoms with Gasteiger partial charge in [-0.05, 0) is 36.8 Å². The molecule has 3 N–H and O–H groups in total. The highest BCUT2D eigenvalue weighted by molar-refractivity contribution is 5.55. The summed E-state index contributed by atoms with van der Waals surface area (Å²) in [6, 6.07) is 19.4. The van der Waals surface area contributed by atoms with E-state index >= 15 is 0 Å². The number of aryl methyl sites for hydroxylation is 1. The number of hydrogen-bond donors (Lipinski definition) is 2. The van der Waals surface area contributed by atoms with Crippen molar-refractivity contribution in [3.05, 3.63) is 82.9 Å². The van der Waals surface area contributed by atoms with Gasteiger partial charge in [-0.15, -0.1) is 5.10 Å². The van der Waals surface area contributed by atoms with Gasteiger partial charge in [-0.25, -0.2) is 0 Å². The minimum Gasteiger partial charge on any atom is -0.490 e. The molecular weight excluding hydrogens is 368 g/mol. The molecule has 0 aliphatic carbocycles. The van der Waals surface area contributed by atoms with Crippen LogP contribution in [0.3, 0.4) is 0 Å². The fourth-order valence-corrected chi connectivity index (χ4v) is 3.32. The maximum Gasteiger partial charge on any atom is 0.244 e. The molecule has 0 amide bonds. The number of benzene rings is 2. The van der Waals surface area contributed by atoms with Crippen molar-refractivity contribution < 1.29 is 14.2 Å². The number of ether oxygens (including phenoxy) is 3. The monoisotopic (exact) mass is 388 g/mol. The summed E-state index contributed by atoms with van der Waals surface area (Å²) in [6.07, 6.45) is 0. The predicted octanol–water partition coefficient (Wildman–Crippen LogP) is 3.39. The van der Waals surface area contributed by atoms with E-state index in [1.807, 2.05) is 61.5 Å². The molecule has 0 fully saturated rings. The van der Waals surface area contributed by atoms with E-state index in [1.165, 1.54) is 0 Å². The summed E-state index contributed by atoms with van der Waals surface area (Å²) in [5.41, 5.74) is 8.88. The fourth-order valence-electron chi connectivity index (χ4n) is 3.32. The van der Waals surface area contributed by atoms with Crippen LogP contribution in [0.5, 0.6) is 17.4 Å². The first-order chi connectivity index (χ1) is 14.2. The normalized spacial score (nSPS) is 15.2. The summed E-state index contributed by atoms with van der Waals surface area (Å²) in [5, 5.41) is 16.6. The zero-order chi connectivity index (χ0) is 20.2. The number of aromatic nitrogens is 2. The van der Waals surface area contributed by atoms with E-state index in [9.17, 15) is 5.26 Å². The highest BCUT2D eigenvalue weighted by atomic mass is 16.5. The highest BCUT2D eigenvalue weighted by Crippen LogP contribution is 2.42. The van der Waals surface area contributed by atoms with Crippen LogP contribution in [0.25, 0.3) is 0 Å². The van der Waals surface area contributed by atoms with Gasteiger partial charge in [0.25, 0.3) is 0 Å². The Morgan fingerprint density at radius 2 is 1.72 bits per heavy atom. The molecule has 1 aliphatic heterocycles. The molecule has 1 atom stereocenters. The molecule has 0 saturated heterocycles. The van der Waals surface area contributed by atoms with Gasteiger partial charge in [0.15, 0.2) is 0 Å². The van der Waals surface area contributed by atoms with E-state index in [0.29, 0.717) is 24.7 Å². The minimum atomic E-state index is -0.335. The lowest BCUT2D eigenvalue weighted by atomic mass is 9.84. The third-order valence-corrected chi connectivity index (χ3v) is 4.71. The lowest BCUT2D eigenvalue weighted by Crippen LogP contribution is -2.21. The summed E-state index contributed by atoms with van der Waals surface area (Å²) in [7, 11) is 0. The number of nitrogens with two attached hydrogens (primary N) is 1. The van der Waals surface area contributed by atoms with Gasteiger partial charge in [0.2, 0.25) is 11.8 Å². The van der Waals surface area contributed by atoms with E-state index in [1.54, 1.807) is 0 Å². The average molecular weight is 388 g/mol. The predicted molar refractivity (Wildman–Crippen MR) is 106 cm³/mol. The zero-order valence-electron chi connectivity index (χ0n) is 15.9. The molecule has 3 aromatic rings. The number of fused-ring (bicyclic) bond motifs is 1. The van der Waals surface area contributed by atoms with Crippen molar-refractivity contribution in [3.63, 3.8) is 0 Å². The van der Waals surface area contributed by atoms with Crippen LogP contribution in [-0.2, 0) is 0 Å². The quantitative estimate of drug-likeness (QED) is 0.627. The van der Waals surface area contributed by atoms with Crippen LogP contribution >= 0.6 is 0 Å². The number of allylic oxidation sites excluding steroid dienone is 1. The number of nitriles is 1. The Labute approximate surface area is 168 Å². The molecule has 1 aliphatic rings. The molecule has 29 heavy (non-hydrogen) atoms. The zero-order valence-corrected chi connectivity index (χ0v) is 15.9. The van der Waals surface area contributed by atoms with Crippen LogP contribution in [0, 0.1) is 18.3 Å². The first kappa shape index (κ1) is 18.4. The maximum absolute atomic E-state index is 9.60. The van der Waals surface area contributed by atoms with Crippen molar-refractivity contribution in [3.8, 4) is 23.4 Å². The first-order valence-electron chi connectivity index (χ1n) is 9.20. The molecule has 0 bridgehead atoms. The minimum absolute atomic E-state index is 0.0786. The Bertz CT molecular complexity index is 1070. The second kappa shape index (κ2) is 7.98. The molecule has 146 valence electrons. The number of aromatic amines is 1. The van der Waals surface area contributed by atoms with Crippen LogP contribution < -0.4 is 19.9 Å². The number of nitrogens with zero attached hydrogens (tertiary/aromatic N) is 2. The molecule has 1 unspecified atom stereocenters. The van der Waals surface area contributed by atoms with Gasteiger partial charge in [0.05, 0.1) is 5.92 Å². The van der Waals surface area contributed by atoms with E-state index in [2.05, 4.69) is 16.3 Å². The maximum atomic E-state index is 9.60. The second-order valence-electron chi connectivity index (χ2n) is 6.57. The van der Waals surface area contributed by atoms with Crippen molar-refractivity contribution in [1.82, 2.24) is 10.2 Å². The molecule has 1 aromatic heterocycles. The lowest BCUT2D eigenvalue weighted by Gasteiger charge is -2.23. The molecule has 0 radical (unpaired) electrons. The van der Waals surface area contributed by atoms with E-state index < -0.39 is 0 Å². The van der Waals surface area contributed by atoms with Gasteiger partial charge >= 0.3 is 0 Å². The molecule has 2 aromatic carbocycles. The summed E-state index contributed by atoms with van der Waals surface area (Å²) >= 11 is 0. The number of rotatable bonds is 6. The van der Waals surface area contributed by atoms with Gasteiger partial charge < -0.3 is 19.9 Å². The van der Waals surface area contributed by atoms with Crippen molar-refractivity contribution in [2.45, 2.75) is 12.8 Å². The van der Waals surface area contributed by atoms with Crippen molar-refractivity contribution in [2.24, 2.45) is 5.73 Å². The fraction of sp³-hybridized carbons (Fsp3) is 0.182. The smallest absolute Gasteiger partial charge is 0.244 e. The van der Waals surface area contributed by atoms with Gasteiger partial charge in [-0.2, -0.15) is 5.26 Å². The summed E-state index contributed by atoms with van der Waals surface area (Å²) in [6.45, 7) is 2.76. The Kier molecular flexibility index (Phi) is 5.08. The first-order valence-corrected chi connectivity index (χ1v) is 9.20. The van der Waals surface area contributed by atoms with Crippen molar-refractivity contribution >= 4 is 0 Å². The van der Waals surface area contributed by atoms with Crippen LogP contribution in [0.15, 0.2) is 66.1 Å². The number of para-hydroxylation sites is 1. The molecule has 0 saturated carbocycles. The largest absolute Gasteiger partial charge is 0.490 e. The van der Waals surface area contributed by atoms with Crippen LogP contribution in [-0.4, -0.2) is 23.4 Å². The SMILES string of the molecule is Cc1[nH]nc2c1C(c1ccc(OCCOc3ccccc3)cc1)C(C#N)=C(N)O2. The molecule has 2 heterocycles. The Hall–Kier alpha value is -3.92. The summed E-state index contributed by atoms with van der Waals surface area (Å²) in [4.78, 5) is 0. The molecular formula is C22H20N4O3. The van der Waals surface area contributed by atoms with Crippen molar-refractivity contribution in [2.75, 3.05) is 13.2 Å². The third kappa shape index (κ3) is 3.73. The van der Waals surface area contributed by atoms with E-state index in [-0.39, 0.29) is 11.8 Å². The van der Waals surface area contributed by atoms with E-state index in [4.69, 9.17) is 19.9 Å². The summed E-state index contributed by atoms with van der Waals surface area (Å²) < 4.78 is 16.9. The Morgan fingerprint density at radius 1 is 1.07 bits per heavy atom. The second-order valence-corrected chi connectivity index (χ2v) is 6.57. The van der Waals surface area contributed by atoms with Crippen LogP contribution in [0.4, 0.5) is 0 Å². The molecule has 0 spiro atoms.